The fraction of sp³-hybridized carbons (Fsp3) is 0.667. The van der Waals surface area contributed by atoms with Crippen LogP contribution >= 0.6 is 11.6 Å². The van der Waals surface area contributed by atoms with Crippen molar-refractivity contribution in [1.29, 1.82) is 0 Å². The van der Waals surface area contributed by atoms with Gasteiger partial charge in [0.25, 0.3) is 0 Å². The fourth-order valence-corrected chi connectivity index (χ4v) is 1.62. The average Bonchev–Trinajstić information content (AvgIpc) is 2.44. The summed E-state index contributed by atoms with van der Waals surface area (Å²) in [6, 6.07) is 0. The van der Waals surface area contributed by atoms with Gasteiger partial charge in [0.1, 0.15) is 5.15 Å². The highest BCUT2D eigenvalue weighted by atomic mass is 35.5. The van der Waals surface area contributed by atoms with E-state index in [4.69, 9.17) is 16.7 Å². The Morgan fingerprint density at radius 1 is 1.46 bits per heavy atom. The Balaban J connectivity index is 3.03. The SMILES string of the molecule is CCCn1nc(CC)c(CO)c1Cl. The van der Waals surface area contributed by atoms with Crippen molar-refractivity contribution < 1.29 is 5.11 Å². The molecule has 3 nitrogen and oxygen atoms in total. The number of aliphatic hydroxyl groups excluding tert-OH is 1. The molecule has 0 bridgehead atoms. The molecule has 0 amide bonds. The van der Waals surface area contributed by atoms with Gasteiger partial charge in [0, 0.05) is 12.1 Å². The minimum atomic E-state index is -0.0221. The van der Waals surface area contributed by atoms with Crippen LogP contribution in [0.5, 0.6) is 0 Å². The maximum absolute atomic E-state index is 9.07. The predicted octanol–water partition coefficient (Wildman–Crippen LogP) is 2.00. The Morgan fingerprint density at radius 2 is 2.15 bits per heavy atom. The lowest BCUT2D eigenvalue weighted by molar-refractivity contribution is 0.280. The summed E-state index contributed by atoms with van der Waals surface area (Å²) < 4.78 is 1.76. The summed E-state index contributed by atoms with van der Waals surface area (Å²) in [6.45, 7) is 4.87. The van der Waals surface area contributed by atoms with Crippen LogP contribution in [0.15, 0.2) is 0 Å². The molecule has 0 aromatic carbocycles. The van der Waals surface area contributed by atoms with Crippen LogP contribution in [0.1, 0.15) is 31.5 Å². The summed E-state index contributed by atoms with van der Waals surface area (Å²) in [5, 5.41) is 14.0. The van der Waals surface area contributed by atoms with E-state index in [1.807, 2.05) is 6.92 Å². The van der Waals surface area contributed by atoms with Gasteiger partial charge in [0.05, 0.1) is 12.3 Å². The number of hydrogen-bond acceptors (Lipinski definition) is 2. The van der Waals surface area contributed by atoms with Crippen LogP contribution in [0.3, 0.4) is 0 Å². The average molecular weight is 203 g/mol. The second-order valence-electron chi connectivity index (χ2n) is 2.95. The molecule has 0 unspecified atom stereocenters. The molecule has 0 aliphatic carbocycles. The molecular formula is C9H15ClN2O. The topological polar surface area (TPSA) is 38.0 Å². The van der Waals surface area contributed by atoms with Gasteiger partial charge in [-0.25, -0.2) is 0 Å². The molecule has 1 heterocycles. The van der Waals surface area contributed by atoms with Crippen LogP contribution in [-0.2, 0) is 19.6 Å². The van der Waals surface area contributed by atoms with Crippen LogP contribution in [0.2, 0.25) is 5.15 Å². The lowest BCUT2D eigenvalue weighted by atomic mass is 10.2. The van der Waals surface area contributed by atoms with E-state index in [1.54, 1.807) is 4.68 Å². The second-order valence-corrected chi connectivity index (χ2v) is 3.31. The van der Waals surface area contributed by atoms with E-state index in [9.17, 15) is 0 Å². The maximum atomic E-state index is 9.07. The van der Waals surface area contributed by atoms with E-state index in [1.165, 1.54) is 0 Å². The number of aryl methyl sites for hydroxylation is 2. The first kappa shape index (κ1) is 10.5. The largest absolute Gasteiger partial charge is 0.391 e. The third kappa shape index (κ3) is 2.03. The van der Waals surface area contributed by atoms with E-state index in [2.05, 4.69) is 12.0 Å². The second kappa shape index (κ2) is 4.63. The van der Waals surface area contributed by atoms with Gasteiger partial charge in [-0.2, -0.15) is 5.10 Å². The van der Waals surface area contributed by atoms with Crippen molar-refractivity contribution >= 4 is 11.6 Å². The van der Waals surface area contributed by atoms with Gasteiger partial charge < -0.3 is 5.11 Å². The highest BCUT2D eigenvalue weighted by molar-refractivity contribution is 6.30. The highest BCUT2D eigenvalue weighted by Crippen LogP contribution is 2.20. The minimum Gasteiger partial charge on any atom is -0.391 e. The zero-order chi connectivity index (χ0) is 9.84. The number of aromatic nitrogens is 2. The predicted molar refractivity (Wildman–Crippen MR) is 52.8 cm³/mol. The summed E-state index contributed by atoms with van der Waals surface area (Å²) >= 11 is 6.03. The summed E-state index contributed by atoms with van der Waals surface area (Å²) in [7, 11) is 0. The fourth-order valence-electron chi connectivity index (χ4n) is 1.33. The van der Waals surface area contributed by atoms with E-state index >= 15 is 0 Å². The molecule has 1 aromatic heterocycles. The van der Waals surface area contributed by atoms with Gasteiger partial charge >= 0.3 is 0 Å². The first-order chi connectivity index (χ1) is 6.24. The Bertz CT molecular complexity index is 283. The van der Waals surface area contributed by atoms with Crippen molar-refractivity contribution in [1.82, 2.24) is 9.78 Å². The van der Waals surface area contributed by atoms with Crippen molar-refractivity contribution in [2.45, 2.75) is 39.8 Å². The third-order valence-corrected chi connectivity index (χ3v) is 2.42. The van der Waals surface area contributed by atoms with Crippen molar-refractivity contribution in [3.8, 4) is 0 Å². The molecule has 74 valence electrons. The lowest BCUT2D eigenvalue weighted by Gasteiger charge is -1.98. The Labute approximate surface area is 83.3 Å². The number of halogens is 1. The first-order valence-electron chi connectivity index (χ1n) is 4.59. The lowest BCUT2D eigenvalue weighted by Crippen LogP contribution is -1.99. The molecule has 1 aromatic rings. The van der Waals surface area contributed by atoms with Gasteiger partial charge in [-0.05, 0) is 12.8 Å². The van der Waals surface area contributed by atoms with Crippen LogP contribution < -0.4 is 0 Å². The summed E-state index contributed by atoms with van der Waals surface area (Å²) in [4.78, 5) is 0. The molecule has 13 heavy (non-hydrogen) atoms. The van der Waals surface area contributed by atoms with E-state index in [0.717, 1.165) is 30.6 Å². The van der Waals surface area contributed by atoms with E-state index in [0.29, 0.717) is 5.15 Å². The van der Waals surface area contributed by atoms with Gasteiger partial charge in [-0.15, -0.1) is 0 Å². The Kier molecular flexibility index (Phi) is 3.75. The first-order valence-corrected chi connectivity index (χ1v) is 4.97. The van der Waals surface area contributed by atoms with Gasteiger partial charge in [0.2, 0.25) is 0 Å². The number of rotatable bonds is 4. The third-order valence-electron chi connectivity index (χ3n) is 1.99. The van der Waals surface area contributed by atoms with Crippen molar-refractivity contribution in [2.75, 3.05) is 0 Å². The smallest absolute Gasteiger partial charge is 0.132 e. The van der Waals surface area contributed by atoms with Gasteiger partial charge in [-0.1, -0.05) is 25.4 Å². The molecule has 0 fully saturated rings. The van der Waals surface area contributed by atoms with Gasteiger partial charge in [0.15, 0.2) is 0 Å². The molecule has 0 aliphatic heterocycles. The molecule has 0 aliphatic rings. The molecular weight excluding hydrogens is 188 g/mol. The Morgan fingerprint density at radius 3 is 2.54 bits per heavy atom. The number of aliphatic hydroxyl groups is 1. The Hall–Kier alpha value is -0.540. The highest BCUT2D eigenvalue weighted by Gasteiger charge is 2.12. The van der Waals surface area contributed by atoms with Crippen molar-refractivity contribution in [3.63, 3.8) is 0 Å². The normalized spacial score (nSPS) is 10.8. The van der Waals surface area contributed by atoms with Crippen molar-refractivity contribution in [2.24, 2.45) is 0 Å². The molecule has 0 saturated carbocycles. The molecule has 0 spiro atoms. The summed E-state index contributed by atoms with van der Waals surface area (Å²) in [6.07, 6.45) is 1.81. The van der Waals surface area contributed by atoms with E-state index < -0.39 is 0 Å². The monoisotopic (exact) mass is 202 g/mol. The quantitative estimate of drug-likeness (QED) is 0.811. The molecule has 0 radical (unpaired) electrons. The van der Waals surface area contributed by atoms with Crippen LogP contribution in [0.25, 0.3) is 0 Å². The zero-order valence-electron chi connectivity index (χ0n) is 8.05. The van der Waals surface area contributed by atoms with Crippen molar-refractivity contribution in [3.05, 3.63) is 16.4 Å². The summed E-state index contributed by atoms with van der Waals surface area (Å²) in [5.74, 6) is 0. The standard InChI is InChI=1S/C9H15ClN2O/c1-3-5-12-9(10)7(6-13)8(4-2)11-12/h13H,3-6H2,1-2H3. The molecule has 1 N–H and O–H groups in total. The van der Waals surface area contributed by atoms with Gasteiger partial charge in [-0.3, -0.25) is 4.68 Å². The molecule has 0 atom stereocenters. The van der Waals surface area contributed by atoms with Crippen LogP contribution in [-0.4, -0.2) is 14.9 Å². The van der Waals surface area contributed by atoms with E-state index in [-0.39, 0.29) is 6.61 Å². The molecule has 4 heteroatoms. The number of hydrogen-bond donors (Lipinski definition) is 1. The van der Waals surface area contributed by atoms with Crippen LogP contribution in [0.4, 0.5) is 0 Å². The minimum absolute atomic E-state index is 0.0221. The summed E-state index contributed by atoms with van der Waals surface area (Å²) in [5.41, 5.74) is 1.68. The van der Waals surface area contributed by atoms with Crippen LogP contribution in [0, 0.1) is 0 Å². The maximum Gasteiger partial charge on any atom is 0.132 e. The number of nitrogens with zero attached hydrogens (tertiary/aromatic N) is 2. The molecule has 0 saturated heterocycles. The zero-order valence-corrected chi connectivity index (χ0v) is 8.80. The molecule has 1 rings (SSSR count).